The monoisotopic (exact) mass is 267 g/mol. The lowest BCUT2D eigenvalue weighted by Gasteiger charge is -2.18. The first-order valence-corrected chi connectivity index (χ1v) is 7.72. The van der Waals surface area contributed by atoms with E-state index in [0.717, 1.165) is 23.4 Å². The number of hydrogen-bond acceptors (Lipinski definition) is 3. The molecule has 3 nitrogen and oxygen atoms in total. The van der Waals surface area contributed by atoms with Crippen LogP contribution < -0.4 is 0 Å². The lowest BCUT2D eigenvalue weighted by Crippen LogP contribution is -2.04. The van der Waals surface area contributed by atoms with Crippen LogP contribution in [-0.2, 0) is 17.6 Å². The van der Waals surface area contributed by atoms with Gasteiger partial charge in [-0.25, -0.2) is 4.98 Å². The van der Waals surface area contributed by atoms with Crippen LogP contribution in [0.2, 0.25) is 0 Å². The SMILES string of the molecule is CCCc1nc(C2CCCCC2)sc1CC(=O)O. The molecule has 0 spiro atoms. The van der Waals surface area contributed by atoms with E-state index >= 15 is 0 Å². The lowest BCUT2D eigenvalue weighted by molar-refractivity contribution is -0.136. The van der Waals surface area contributed by atoms with Crippen molar-refractivity contribution in [1.29, 1.82) is 0 Å². The van der Waals surface area contributed by atoms with E-state index in [2.05, 4.69) is 6.92 Å². The third kappa shape index (κ3) is 3.31. The maximum atomic E-state index is 10.9. The molecule has 0 aromatic carbocycles. The predicted molar refractivity (Wildman–Crippen MR) is 73.3 cm³/mol. The molecule has 1 saturated carbocycles. The Hall–Kier alpha value is -0.900. The van der Waals surface area contributed by atoms with Crippen molar-refractivity contribution < 1.29 is 9.90 Å². The number of thiazole rings is 1. The summed E-state index contributed by atoms with van der Waals surface area (Å²) in [4.78, 5) is 16.6. The number of nitrogens with zero attached hydrogens (tertiary/aromatic N) is 1. The first kappa shape index (κ1) is 13.5. The van der Waals surface area contributed by atoms with E-state index < -0.39 is 5.97 Å². The van der Waals surface area contributed by atoms with Crippen molar-refractivity contribution in [2.45, 2.75) is 64.2 Å². The molecule has 0 bridgehead atoms. The van der Waals surface area contributed by atoms with Gasteiger partial charge in [-0.2, -0.15) is 0 Å². The fourth-order valence-corrected chi connectivity index (χ4v) is 3.91. The number of rotatable bonds is 5. The molecule has 1 aliphatic carbocycles. The van der Waals surface area contributed by atoms with Gasteiger partial charge in [0.05, 0.1) is 17.1 Å². The second kappa shape index (κ2) is 6.32. The third-order valence-corrected chi connectivity index (χ3v) is 4.81. The minimum absolute atomic E-state index is 0.139. The minimum Gasteiger partial charge on any atom is -0.481 e. The molecule has 100 valence electrons. The van der Waals surface area contributed by atoms with Crippen LogP contribution in [0.5, 0.6) is 0 Å². The van der Waals surface area contributed by atoms with Crippen molar-refractivity contribution in [2.24, 2.45) is 0 Å². The van der Waals surface area contributed by atoms with Crippen LogP contribution in [0.1, 0.15) is 66.9 Å². The summed E-state index contributed by atoms with van der Waals surface area (Å²) in [5.74, 6) is -0.159. The fraction of sp³-hybridized carbons (Fsp3) is 0.714. The van der Waals surface area contributed by atoms with Crippen LogP contribution in [0, 0.1) is 0 Å². The Labute approximate surface area is 112 Å². The zero-order valence-corrected chi connectivity index (χ0v) is 11.8. The number of carboxylic acids is 1. The molecule has 1 aliphatic rings. The highest BCUT2D eigenvalue weighted by Crippen LogP contribution is 2.36. The Bertz CT molecular complexity index is 408. The van der Waals surface area contributed by atoms with Crippen molar-refractivity contribution in [2.75, 3.05) is 0 Å². The van der Waals surface area contributed by atoms with Gasteiger partial charge in [-0.3, -0.25) is 4.79 Å². The van der Waals surface area contributed by atoms with Crippen molar-refractivity contribution in [3.8, 4) is 0 Å². The molecule has 1 aromatic rings. The van der Waals surface area contributed by atoms with Gasteiger partial charge in [-0.05, 0) is 19.3 Å². The van der Waals surface area contributed by atoms with Crippen LogP contribution in [0.4, 0.5) is 0 Å². The van der Waals surface area contributed by atoms with Crippen molar-refractivity contribution in [3.63, 3.8) is 0 Å². The molecule has 1 N–H and O–H groups in total. The largest absolute Gasteiger partial charge is 0.481 e. The van der Waals surface area contributed by atoms with Gasteiger partial charge in [-0.1, -0.05) is 32.6 Å². The maximum Gasteiger partial charge on any atom is 0.308 e. The Morgan fingerprint density at radius 1 is 1.39 bits per heavy atom. The molecule has 1 fully saturated rings. The van der Waals surface area contributed by atoms with E-state index in [1.807, 2.05) is 0 Å². The summed E-state index contributed by atoms with van der Waals surface area (Å²) in [6, 6.07) is 0. The van der Waals surface area contributed by atoms with Crippen molar-refractivity contribution in [1.82, 2.24) is 4.98 Å². The van der Waals surface area contributed by atoms with Crippen molar-refractivity contribution >= 4 is 17.3 Å². The van der Waals surface area contributed by atoms with Gasteiger partial charge >= 0.3 is 5.97 Å². The van der Waals surface area contributed by atoms with Crippen molar-refractivity contribution in [3.05, 3.63) is 15.6 Å². The molecular formula is C14H21NO2S. The zero-order valence-electron chi connectivity index (χ0n) is 10.9. The number of aliphatic carboxylic acids is 1. The zero-order chi connectivity index (χ0) is 13.0. The molecule has 0 aliphatic heterocycles. The highest BCUT2D eigenvalue weighted by atomic mass is 32.1. The number of aryl methyl sites for hydroxylation is 1. The summed E-state index contributed by atoms with van der Waals surface area (Å²) in [5, 5.41) is 10.1. The van der Waals surface area contributed by atoms with E-state index in [-0.39, 0.29) is 6.42 Å². The number of carbonyl (C=O) groups is 1. The van der Waals surface area contributed by atoms with Gasteiger partial charge in [0.25, 0.3) is 0 Å². The van der Waals surface area contributed by atoms with Gasteiger partial charge in [0.2, 0.25) is 0 Å². The number of aromatic nitrogens is 1. The summed E-state index contributed by atoms with van der Waals surface area (Å²) in [6.45, 7) is 2.12. The first-order valence-electron chi connectivity index (χ1n) is 6.91. The third-order valence-electron chi connectivity index (χ3n) is 3.55. The van der Waals surface area contributed by atoms with Gasteiger partial charge in [-0.15, -0.1) is 11.3 Å². The minimum atomic E-state index is -0.744. The molecule has 0 atom stereocenters. The van der Waals surface area contributed by atoms with Crippen LogP contribution in [0.25, 0.3) is 0 Å². The van der Waals surface area contributed by atoms with E-state index in [1.54, 1.807) is 11.3 Å². The molecular weight excluding hydrogens is 246 g/mol. The lowest BCUT2D eigenvalue weighted by atomic mass is 9.90. The Kier molecular flexibility index (Phi) is 4.75. The van der Waals surface area contributed by atoms with Gasteiger partial charge in [0, 0.05) is 10.8 Å². The Balaban J connectivity index is 2.17. The topological polar surface area (TPSA) is 50.2 Å². The summed E-state index contributed by atoms with van der Waals surface area (Å²) in [6.07, 6.45) is 8.46. The van der Waals surface area contributed by atoms with Crippen LogP contribution in [0.15, 0.2) is 0 Å². The quantitative estimate of drug-likeness (QED) is 0.883. The molecule has 1 heterocycles. The Morgan fingerprint density at radius 2 is 2.11 bits per heavy atom. The molecule has 2 rings (SSSR count). The first-order chi connectivity index (χ1) is 8.70. The van der Waals surface area contributed by atoms with E-state index in [4.69, 9.17) is 10.1 Å². The molecule has 18 heavy (non-hydrogen) atoms. The van der Waals surface area contributed by atoms with Gasteiger partial charge in [0.15, 0.2) is 0 Å². The van der Waals surface area contributed by atoms with Crippen LogP contribution in [0.3, 0.4) is 0 Å². The predicted octanol–water partition coefficient (Wildman–Crippen LogP) is 3.77. The molecule has 1 aromatic heterocycles. The fourth-order valence-electron chi connectivity index (χ4n) is 2.64. The molecule has 0 saturated heterocycles. The highest BCUT2D eigenvalue weighted by molar-refractivity contribution is 7.12. The normalized spacial score (nSPS) is 16.9. The standard InChI is InChI=1S/C14H21NO2S/c1-2-6-11-12(9-13(16)17)18-14(15-11)10-7-4-3-5-8-10/h10H,2-9H2,1H3,(H,16,17). The second-order valence-electron chi connectivity index (χ2n) is 5.08. The van der Waals surface area contributed by atoms with E-state index in [0.29, 0.717) is 5.92 Å². The smallest absolute Gasteiger partial charge is 0.308 e. The van der Waals surface area contributed by atoms with Gasteiger partial charge in [0.1, 0.15) is 0 Å². The average molecular weight is 267 g/mol. The second-order valence-corrected chi connectivity index (χ2v) is 6.19. The van der Waals surface area contributed by atoms with Crippen LogP contribution in [-0.4, -0.2) is 16.1 Å². The van der Waals surface area contributed by atoms with E-state index in [1.165, 1.54) is 37.1 Å². The Morgan fingerprint density at radius 3 is 2.72 bits per heavy atom. The molecule has 0 unspecified atom stereocenters. The highest BCUT2D eigenvalue weighted by Gasteiger charge is 2.21. The average Bonchev–Trinajstić information content (AvgIpc) is 2.73. The molecule has 4 heteroatoms. The maximum absolute atomic E-state index is 10.9. The van der Waals surface area contributed by atoms with Crippen LogP contribution >= 0.6 is 11.3 Å². The molecule has 0 radical (unpaired) electrons. The number of carboxylic acid groups (broad SMARTS) is 1. The summed E-state index contributed by atoms with van der Waals surface area (Å²) in [5.41, 5.74) is 1.03. The summed E-state index contributed by atoms with van der Waals surface area (Å²) < 4.78 is 0. The van der Waals surface area contributed by atoms with Gasteiger partial charge < -0.3 is 5.11 Å². The number of hydrogen-bond donors (Lipinski definition) is 1. The summed E-state index contributed by atoms with van der Waals surface area (Å²) in [7, 11) is 0. The van der Waals surface area contributed by atoms with E-state index in [9.17, 15) is 4.79 Å². The summed E-state index contributed by atoms with van der Waals surface area (Å²) >= 11 is 1.64. The molecule has 0 amide bonds.